The molecule has 0 spiro atoms. The Hall–Kier alpha value is -2.76. The van der Waals surface area contributed by atoms with E-state index in [-0.39, 0.29) is 5.92 Å². The van der Waals surface area contributed by atoms with Gasteiger partial charge in [-0.25, -0.2) is 0 Å². The minimum atomic E-state index is 0.247. The molecule has 0 aliphatic rings. The first kappa shape index (κ1) is 49.6. The van der Waals surface area contributed by atoms with Crippen molar-refractivity contribution in [1.29, 1.82) is 10.8 Å². The molecule has 3 N–H and O–H groups in total. The van der Waals surface area contributed by atoms with Crippen molar-refractivity contribution in [3.63, 3.8) is 0 Å². The Morgan fingerprint density at radius 2 is 1.56 bits per heavy atom. The topological polar surface area (TPSA) is 81.9 Å². The number of aromatic nitrogens is 1. The summed E-state index contributed by atoms with van der Waals surface area (Å²) < 4.78 is 5.19. The van der Waals surface area contributed by atoms with Crippen molar-refractivity contribution in [3.8, 4) is 5.75 Å². The van der Waals surface area contributed by atoms with E-state index in [0.717, 1.165) is 63.9 Å². The van der Waals surface area contributed by atoms with Crippen molar-refractivity contribution in [1.82, 2.24) is 10.3 Å². The fourth-order valence-electron chi connectivity index (χ4n) is 4.12. The lowest BCUT2D eigenvalue weighted by Gasteiger charge is -2.14. The van der Waals surface area contributed by atoms with Gasteiger partial charge in [0, 0.05) is 34.3 Å². The van der Waals surface area contributed by atoms with Crippen LogP contribution in [-0.4, -0.2) is 37.1 Å². The minimum Gasteiger partial charge on any atom is -0.496 e. The number of benzene rings is 1. The molecule has 0 aliphatic carbocycles. The van der Waals surface area contributed by atoms with Crippen molar-refractivity contribution in [2.75, 3.05) is 20.2 Å². The Morgan fingerprint density at radius 1 is 0.958 bits per heavy atom. The normalized spacial score (nSPS) is 11.1. The van der Waals surface area contributed by atoms with E-state index in [1.54, 1.807) is 13.3 Å². The van der Waals surface area contributed by atoms with E-state index in [9.17, 15) is 0 Å². The van der Waals surface area contributed by atoms with Crippen LogP contribution in [0.4, 0.5) is 0 Å². The summed E-state index contributed by atoms with van der Waals surface area (Å²) in [4.78, 5) is 4.42. The third-order valence-corrected chi connectivity index (χ3v) is 7.66. The lowest BCUT2D eigenvalue weighted by molar-refractivity contribution is 0.409. The van der Waals surface area contributed by atoms with E-state index in [4.69, 9.17) is 27.2 Å². The first-order chi connectivity index (χ1) is 22.9. The highest BCUT2D eigenvalue weighted by molar-refractivity contribution is 6.30. The van der Waals surface area contributed by atoms with E-state index in [0.29, 0.717) is 5.71 Å². The monoisotopic (exact) mass is 685 g/mol. The lowest BCUT2D eigenvalue weighted by Crippen LogP contribution is -2.14. The Bertz CT molecular complexity index is 1160. The highest BCUT2D eigenvalue weighted by Gasteiger charge is 2.13. The number of methoxy groups -OCH3 is 1. The molecule has 0 saturated carbocycles. The molecular formula is C42H73ClN4O. The second kappa shape index (κ2) is 32.8. The summed E-state index contributed by atoms with van der Waals surface area (Å²) >= 11 is 5.85. The summed E-state index contributed by atoms with van der Waals surface area (Å²) in [7, 11) is 1.68. The Labute approximate surface area is 302 Å². The second-order valence-electron chi connectivity index (χ2n) is 11.8. The summed E-state index contributed by atoms with van der Waals surface area (Å²) in [6, 6.07) is 7.69. The van der Waals surface area contributed by atoms with Crippen LogP contribution in [0.15, 0.2) is 48.2 Å². The van der Waals surface area contributed by atoms with Gasteiger partial charge in [-0.1, -0.05) is 111 Å². The molecule has 0 bridgehead atoms. The zero-order chi connectivity index (χ0) is 37.5. The quantitative estimate of drug-likeness (QED) is 0.0991. The average molecular weight is 686 g/mol. The van der Waals surface area contributed by atoms with Crippen LogP contribution in [0.25, 0.3) is 5.57 Å². The number of hydrogen-bond donors (Lipinski definition) is 3. The van der Waals surface area contributed by atoms with Crippen LogP contribution in [-0.2, 0) is 6.42 Å². The van der Waals surface area contributed by atoms with E-state index in [2.05, 4.69) is 77.8 Å². The number of halogens is 1. The Morgan fingerprint density at radius 3 is 1.98 bits per heavy atom. The first-order valence-corrected chi connectivity index (χ1v) is 18.7. The van der Waals surface area contributed by atoms with Crippen LogP contribution >= 0.6 is 11.6 Å². The Balaban J connectivity index is -0.000000599. The molecule has 0 amide bonds. The van der Waals surface area contributed by atoms with Crippen LogP contribution in [0.1, 0.15) is 144 Å². The van der Waals surface area contributed by atoms with Gasteiger partial charge in [0.1, 0.15) is 5.75 Å². The van der Waals surface area contributed by atoms with Gasteiger partial charge in [0.05, 0.1) is 12.8 Å². The predicted molar refractivity (Wildman–Crippen MR) is 218 cm³/mol. The van der Waals surface area contributed by atoms with Gasteiger partial charge in [-0.2, -0.15) is 0 Å². The van der Waals surface area contributed by atoms with Crippen molar-refractivity contribution < 1.29 is 4.74 Å². The molecule has 1 aromatic carbocycles. The molecule has 0 aliphatic heterocycles. The van der Waals surface area contributed by atoms with Crippen molar-refractivity contribution in [2.24, 2.45) is 11.8 Å². The van der Waals surface area contributed by atoms with E-state index in [1.165, 1.54) is 50.6 Å². The minimum absolute atomic E-state index is 0.247. The number of allylic oxidation sites excluding steroid dienone is 4. The largest absolute Gasteiger partial charge is 0.496 e. The molecule has 0 radical (unpaired) electrons. The molecule has 0 fully saturated rings. The van der Waals surface area contributed by atoms with Crippen LogP contribution in [0.2, 0.25) is 5.02 Å². The summed E-state index contributed by atoms with van der Waals surface area (Å²) in [5.74, 6) is 1.95. The van der Waals surface area contributed by atoms with Crippen molar-refractivity contribution >= 4 is 29.1 Å². The smallest absolute Gasteiger partial charge is 0.122 e. The number of nitrogens with one attached hydrogen (secondary N) is 3. The van der Waals surface area contributed by atoms with Gasteiger partial charge in [-0.3, -0.25) is 4.98 Å². The van der Waals surface area contributed by atoms with Crippen LogP contribution in [0.5, 0.6) is 5.75 Å². The van der Waals surface area contributed by atoms with Crippen LogP contribution < -0.4 is 10.1 Å². The molecule has 6 heteroatoms. The van der Waals surface area contributed by atoms with Crippen molar-refractivity contribution in [3.05, 3.63) is 75.6 Å². The third kappa shape index (κ3) is 22.7. The summed E-state index contributed by atoms with van der Waals surface area (Å²) in [6.45, 7) is 29.6. The van der Waals surface area contributed by atoms with Crippen LogP contribution in [0.3, 0.4) is 0 Å². The summed E-state index contributed by atoms with van der Waals surface area (Å²) in [6.07, 6.45) is 15.6. The zero-order valence-electron chi connectivity index (χ0n) is 33.4. The molecule has 2 rings (SSSR count). The molecule has 1 heterocycles. The number of ether oxygens (including phenoxy) is 1. The number of hydrogen-bond acceptors (Lipinski definition) is 5. The lowest BCUT2D eigenvalue weighted by atomic mass is 9.93. The van der Waals surface area contributed by atoms with E-state index in [1.807, 2.05) is 58.9 Å². The number of nitrogens with zero attached hydrogens (tertiary/aromatic N) is 1. The van der Waals surface area contributed by atoms with Gasteiger partial charge in [-0.15, -0.1) is 0 Å². The van der Waals surface area contributed by atoms with Crippen molar-refractivity contribution in [2.45, 2.75) is 135 Å². The van der Waals surface area contributed by atoms with Gasteiger partial charge in [-0.05, 0) is 113 Å². The fourth-order valence-corrected chi connectivity index (χ4v) is 4.32. The molecule has 2 aromatic rings. The highest BCUT2D eigenvalue weighted by atomic mass is 35.5. The molecular weight excluding hydrogens is 612 g/mol. The fraction of sp³-hybridized carbons (Fsp3) is 0.595. The number of pyridine rings is 1. The van der Waals surface area contributed by atoms with E-state index >= 15 is 0 Å². The second-order valence-corrected chi connectivity index (χ2v) is 12.3. The maximum absolute atomic E-state index is 8.19. The maximum Gasteiger partial charge on any atom is 0.122 e. The molecule has 2 unspecified atom stereocenters. The highest BCUT2D eigenvalue weighted by Crippen LogP contribution is 2.23. The molecule has 48 heavy (non-hydrogen) atoms. The molecule has 5 nitrogen and oxygen atoms in total. The third-order valence-electron chi connectivity index (χ3n) is 7.42. The Kier molecular flexibility index (Phi) is 33.9. The number of rotatable bonds is 15. The zero-order valence-corrected chi connectivity index (χ0v) is 34.1. The first-order valence-electron chi connectivity index (χ1n) is 18.4. The van der Waals surface area contributed by atoms with Crippen LogP contribution in [0, 0.1) is 29.6 Å². The van der Waals surface area contributed by atoms with E-state index < -0.39 is 0 Å². The summed E-state index contributed by atoms with van der Waals surface area (Å²) in [5.41, 5.74) is 6.54. The summed E-state index contributed by atoms with van der Waals surface area (Å²) in [5, 5.41) is 19.7. The standard InChI is InChI=1S/C16H23N3.C10H13ClO.C8H16.C6H15N.C2H6/c1-6-11(4)16(18)14-9-19-15(7-12(14)5)13(8-17)10(2)3;1-3-4-8-7-9(11)5-6-10(8)12-2;1-4-6-7-8(3)5-2;1-3-5-7-6-4-2;1-2/h7-9,11,17-18H,6H2,1-5H3;5-7H,3-4H2,1-2H3;6-8H,4-5H2,1-3H3;7H,3-6H2,1-2H3;1-2H3/b;;7-6-;;. The molecule has 1 aromatic heterocycles. The van der Waals surface area contributed by atoms with Gasteiger partial charge in [0.25, 0.3) is 0 Å². The predicted octanol–water partition coefficient (Wildman–Crippen LogP) is 13.0. The maximum atomic E-state index is 8.19. The number of aryl methyl sites for hydroxylation is 2. The van der Waals surface area contributed by atoms with Gasteiger partial charge < -0.3 is 20.9 Å². The molecule has 2 atom stereocenters. The molecule has 274 valence electrons. The molecule has 0 saturated heterocycles. The van der Waals surface area contributed by atoms with Gasteiger partial charge in [0.15, 0.2) is 0 Å². The van der Waals surface area contributed by atoms with Gasteiger partial charge >= 0.3 is 0 Å². The van der Waals surface area contributed by atoms with Gasteiger partial charge in [0.2, 0.25) is 0 Å². The average Bonchev–Trinajstić information content (AvgIpc) is 3.09. The SMILES string of the molecule is CC.CC/C=C\C(C)CC.CCC(C)C(=N)c1cnc(C(C=N)=C(C)C)cc1C.CCCNCCC.CCCc1cc(Cl)ccc1OC.